The molecule has 1 aliphatic rings. The number of rotatable bonds is 4. The van der Waals surface area contributed by atoms with Crippen molar-refractivity contribution in [2.75, 3.05) is 16.0 Å². The molecule has 4 N–H and O–H groups in total. The molecule has 0 fully saturated rings. The average molecular weight is 586 g/mol. The number of aryl methyl sites for hydroxylation is 1. The molecule has 4 aromatic carbocycles. The number of nitrogens with one attached hydrogen (secondary N) is 3. The normalized spacial score (nSPS) is 16.5. The molecule has 5 rings (SSSR count). The lowest BCUT2D eigenvalue weighted by atomic mass is 9.69. The number of phenols is 1. The summed E-state index contributed by atoms with van der Waals surface area (Å²) in [7, 11) is 0. The third-order valence-corrected chi connectivity index (χ3v) is 6.96. The Labute approximate surface area is 235 Å². The third-order valence-electron chi connectivity index (χ3n) is 6.96. The zero-order valence-electron chi connectivity index (χ0n) is 21.6. The standard InChI is InChI=1S/C30H21F6N3O3/c1-16-11-22(28(17-7-3-2-4-8-17)21-9-5-6-10-23(21)38-26(28)41)24(15-25(16)40)39-27(42)37-20-13-18(29(31,32)33)12-19(14-20)30(34,35)36/h2-15,40H,1H3,(H,38,41)(H2,37,39,42). The van der Waals surface area contributed by atoms with Crippen molar-refractivity contribution in [2.24, 2.45) is 0 Å². The van der Waals surface area contributed by atoms with Gasteiger partial charge in [0.25, 0.3) is 0 Å². The Morgan fingerprint density at radius 3 is 2.00 bits per heavy atom. The first-order chi connectivity index (χ1) is 19.7. The van der Waals surface area contributed by atoms with Crippen LogP contribution in [0.2, 0.25) is 0 Å². The number of urea groups is 1. The van der Waals surface area contributed by atoms with Crippen LogP contribution in [0.4, 0.5) is 48.2 Å². The van der Waals surface area contributed by atoms with Gasteiger partial charge in [0.1, 0.15) is 11.2 Å². The minimum absolute atomic E-state index is 0.0566. The Hall–Kier alpha value is -5.00. The van der Waals surface area contributed by atoms with Crippen LogP contribution in [0.25, 0.3) is 0 Å². The van der Waals surface area contributed by atoms with Crippen LogP contribution in [0.5, 0.6) is 5.75 Å². The number of fused-ring (bicyclic) bond motifs is 1. The third kappa shape index (κ3) is 5.00. The number of anilines is 3. The molecule has 4 aromatic rings. The van der Waals surface area contributed by atoms with Crippen LogP contribution in [0.3, 0.4) is 0 Å². The van der Waals surface area contributed by atoms with Crippen LogP contribution in [0, 0.1) is 6.92 Å². The summed E-state index contributed by atoms with van der Waals surface area (Å²) >= 11 is 0. The van der Waals surface area contributed by atoms with Crippen molar-refractivity contribution in [1.29, 1.82) is 0 Å². The largest absolute Gasteiger partial charge is 0.508 e. The molecule has 0 bridgehead atoms. The predicted molar refractivity (Wildman–Crippen MR) is 143 cm³/mol. The number of halogens is 6. The topological polar surface area (TPSA) is 90.5 Å². The van der Waals surface area contributed by atoms with E-state index in [4.69, 9.17) is 0 Å². The van der Waals surface area contributed by atoms with Crippen LogP contribution in [-0.2, 0) is 22.6 Å². The van der Waals surface area contributed by atoms with Gasteiger partial charge in [-0.1, -0.05) is 48.5 Å². The van der Waals surface area contributed by atoms with Gasteiger partial charge in [-0.05, 0) is 48.4 Å². The van der Waals surface area contributed by atoms with Crippen molar-refractivity contribution in [3.05, 3.63) is 118 Å². The summed E-state index contributed by atoms with van der Waals surface area (Å²) in [6.07, 6.45) is -10.2. The lowest BCUT2D eigenvalue weighted by Gasteiger charge is -2.31. The Balaban J connectivity index is 1.62. The number of carbonyl (C=O) groups excluding carboxylic acids is 2. The number of para-hydroxylation sites is 1. The van der Waals surface area contributed by atoms with Crippen molar-refractivity contribution in [1.82, 2.24) is 0 Å². The first-order valence-electron chi connectivity index (χ1n) is 12.4. The molecule has 0 aromatic heterocycles. The molecule has 0 saturated heterocycles. The maximum absolute atomic E-state index is 13.8. The Morgan fingerprint density at radius 2 is 1.38 bits per heavy atom. The van der Waals surface area contributed by atoms with Crippen LogP contribution in [0.15, 0.2) is 84.9 Å². The van der Waals surface area contributed by atoms with Crippen LogP contribution < -0.4 is 16.0 Å². The fraction of sp³-hybridized carbons (Fsp3) is 0.133. The van der Waals surface area contributed by atoms with E-state index in [0.717, 1.165) is 6.07 Å². The Bertz CT molecular complexity index is 1670. The number of hydrogen-bond acceptors (Lipinski definition) is 3. The predicted octanol–water partition coefficient (Wildman–Crippen LogP) is 7.67. The Kier molecular flexibility index (Phi) is 6.88. The molecule has 0 saturated carbocycles. The summed E-state index contributed by atoms with van der Waals surface area (Å²) in [6, 6.07) is 17.6. The van der Waals surface area contributed by atoms with Crippen molar-refractivity contribution in [3.63, 3.8) is 0 Å². The quantitative estimate of drug-likeness (QED) is 0.185. The van der Waals surface area contributed by atoms with Gasteiger partial charge < -0.3 is 21.1 Å². The molecule has 0 radical (unpaired) electrons. The number of phenolic OH excluding ortho intramolecular Hbond substituents is 1. The van der Waals surface area contributed by atoms with Gasteiger partial charge in [-0.2, -0.15) is 26.3 Å². The van der Waals surface area contributed by atoms with Gasteiger partial charge in [-0.15, -0.1) is 0 Å². The molecule has 1 unspecified atom stereocenters. The summed E-state index contributed by atoms with van der Waals surface area (Å²) in [4.78, 5) is 26.9. The summed E-state index contributed by atoms with van der Waals surface area (Å²) in [5, 5.41) is 17.8. The second-order valence-corrected chi connectivity index (χ2v) is 9.67. The molecular weight excluding hydrogens is 564 g/mol. The van der Waals surface area contributed by atoms with E-state index in [-0.39, 0.29) is 23.1 Å². The second kappa shape index (κ2) is 10.1. The van der Waals surface area contributed by atoms with Crippen LogP contribution >= 0.6 is 0 Å². The highest BCUT2D eigenvalue weighted by molar-refractivity contribution is 6.13. The van der Waals surface area contributed by atoms with Crippen LogP contribution in [0.1, 0.15) is 33.4 Å². The van der Waals surface area contributed by atoms with E-state index in [1.807, 2.05) is 5.32 Å². The van der Waals surface area contributed by atoms with Gasteiger partial charge in [-0.25, -0.2) is 4.79 Å². The summed E-state index contributed by atoms with van der Waals surface area (Å²) < 4.78 is 80.0. The van der Waals surface area contributed by atoms with Gasteiger partial charge in [-0.3, -0.25) is 4.79 Å². The molecule has 1 aliphatic heterocycles. The lowest BCUT2D eigenvalue weighted by molar-refractivity contribution is -0.143. The monoisotopic (exact) mass is 585 g/mol. The number of carbonyl (C=O) groups is 2. The molecule has 6 nitrogen and oxygen atoms in total. The number of hydrogen-bond donors (Lipinski definition) is 4. The maximum atomic E-state index is 13.8. The SMILES string of the molecule is Cc1cc(C2(c3ccccc3)C(=O)Nc3ccccc32)c(NC(=O)Nc2cc(C(F)(F)F)cc(C(F)(F)F)c2)cc1O. The molecule has 216 valence electrons. The van der Waals surface area contributed by atoms with E-state index in [1.54, 1.807) is 61.5 Å². The summed E-state index contributed by atoms with van der Waals surface area (Å²) in [6.45, 7) is 1.57. The van der Waals surface area contributed by atoms with Crippen molar-refractivity contribution in [3.8, 4) is 5.75 Å². The molecule has 1 atom stereocenters. The van der Waals surface area contributed by atoms with E-state index in [9.17, 15) is 41.0 Å². The molecule has 1 heterocycles. The van der Waals surface area contributed by atoms with Gasteiger partial charge in [0.2, 0.25) is 5.91 Å². The van der Waals surface area contributed by atoms with E-state index in [2.05, 4.69) is 10.6 Å². The fourth-order valence-corrected chi connectivity index (χ4v) is 5.08. The zero-order valence-corrected chi connectivity index (χ0v) is 21.6. The Morgan fingerprint density at radius 1 is 0.786 bits per heavy atom. The first-order valence-corrected chi connectivity index (χ1v) is 12.4. The minimum Gasteiger partial charge on any atom is -0.508 e. The van der Waals surface area contributed by atoms with Gasteiger partial charge in [0.15, 0.2) is 0 Å². The van der Waals surface area contributed by atoms with Crippen molar-refractivity contribution in [2.45, 2.75) is 24.7 Å². The maximum Gasteiger partial charge on any atom is 0.416 e. The molecule has 0 spiro atoms. The molecule has 12 heteroatoms. The lowest BCUT2D eigenvalue weighted by Crippen LogP contribution is -2.38. The highest BCUT2D eigenvalue weighted by Gasteiger charge is 2.51. The summed E-state index contributed by atoms with van der Waals surface area (Å²) in [5.74, 6) is -0.751. The molecular formula is C30H21F6N3O3. The van der Waals surface area contributed by atoms with E-state index >= 15 is 0 Å². The average Bonchev–Trinajstić information content (AvgIpc) is 3.22. The van der Waals surface area contributed by atoms with Crippen LogP contribution in [-0.4, -0.2) is 17.0 Å². The second-order valence-electron chi connectivity index (χ2n) is 9.67. The van der Waals surface area contributed by atoms with E-state index in [1.165, 1.54) is 6.07 Å². The molecule has 3 amide bonds. The molecule has 0 aliphatic carbocycles. The number of amides is 3. The first kappa shape index (κ1) is 28.5. The number of benzene rings is 4. The molecule has 42 heavy (non-hydrogen) atoms. The van der Waals surface area contributed by atoms with Gasteiger partial charge in [0.05, 0.1) is 16.8 Å². The number of aromatic hydroxyl groups is 1. The van der Waals surface area contributed by atoms with E-state index in [0.29, 0.717) is 34.5 Å². The zero-order chi connectivity index (χ0) is 30.4. The highest BCUT2D eigenvalue weighted by atomic mass is 19.4. The summed E-state index contributed by atoms with van der Waals surface area (Å²) in [5.41, 5.74) is -3.54. The van der Waals surface area contributed by atoms with Gasteiger partial charge in [0, 0.05) is 28.6 Å². The minimum atomic E-state index is -5.12. The van der Waals surface area contributed by atoms with Crippen molar-refractivity contribution >= 4 is 29.0 Å². The smallest absolute Gasteiger partial charge is 0.416 e. The highest BCUT2D eigenvalue weighted by Crippen LogP contribution is 2.50. The fourth-order valence-electron chi connectivity index (χ4n) is 5.08. The van der Waals surface area contributed by atoms with Crippen molar-refractivity contribution < 1.29 is 41.0 Å². The van der Waals surface area contributed by atoms with Gasteiger partial charge >= 0.3 is 18.4 Å². The van der Waals surface area contributed by atoms with E-state index < -0.39 is 46.5 Å². The number of alkyl halides is 6.